The Morgan fingerprint density at radius 3 is 2.30 bits per heavy atom. The molecule has 0 spiro atoms. The molecule has 7 heteroatoms. The van der Waals surface area contributed by atoms with Gasteiger partial charge in [0.2, 0.25) is 5.78 Å². The van der Waals surface area contributed by atoms with Crippen molar-refractivity contribution in [2.24, 2.45) is 0 Å². The fraction of sp³-hybridized carbons (Fsp3) is 0.0500. The van der Waals surface area contributed by atoms with Crippen molar-refractivity contribution < 1.29 is 47.9 Å². The number of likely N-dealkylation sites (N-methyl/N-ethyl adjacent to an activating group) is 1. The van der Waals surface area contributed by atoms with Crippen LogP contribution in [0.4, 0.5) is 0 Å². The van der Waals surface area contributed by atoms with Gasteiger partial charge in [-0.1, -0.05) is 60.4 Å². The summed E-state index contributed by atoms with van der Waals surface area (Å²) < 4.78 is 26.2. The Hall–Kier alpha value is -2.12. The molecule has 5 nitrogen and oxygen atoms in total. The molecule has 27 heavy (non-hydrogen) atoms. The average molecular weight is 387 g/mol. The number of allylic oxidation sites excluding steroid dienone is 1. The van der Waals surface area contributed by atoms with Crippen molar-refractivity contribution in [3.05, 3.63) is 83.6 Å². The van der Waals surface area contributed by atoms with E-state index in [4.69, 9.17) is 0 Å². The first-order valence-corrected chi connectivity index (χ1v) is 9.38. The van der Waals surface area contributed by atoms with E-state index in [9.17, 15) is 18.3 Å². The number of carbonyl (C=O) groups excluding carboxylic acids is 1. The molecule has 0 fully saturated rings. The van der Waals surface area contributed by atoms with Gasteiger partial charge >= 0.3 is 29.6 Å². The minimum Gasteiger partial charge on any atom is -0.871 e. The SMILES string of the molecule is CN1C(C(=O)c2ccc3ccccc3c2)=C([O-])c2ccccc2S1(=O)=O.[Na+]. The zero-order valence-corrected chi connectivity index (χ0v) is 17.7. The van der Waals surface area contributed by atoms with Crippen molar-refractivity contribution in [1.29, 1.82) is 0 Å². The maximum absolute atomic E-state index is 13.0. The van der Waals surface area contributed by atoms with E-state index in [1.54, 1.807) is 30.3 Å². The van der Waals surface area contributed by atoms with E-state index in [1.807, 2.05) is 24.3 Å². The van der Waals surface area contributed by atoms with Gasteiger partial charge in [0.05, 0.1) is 10.6 Å². The second-order valence-corrected chi connectivity index (χ2v) is 7.98. The third kappa shape index (κ3) is 3.08. The number of Topliss-reactive ketones (excluding diaryl/α,β-unsaturated/α-hetero) is 1. The Morgan fingerprint density at radius 1 is 0.926 bits per heavy atom. The average Bonchev–Trinajstić information content (AvgIpc) is 2.66. The molecule has 3 aromatic rings. The van der Waals surface area contributed by atoms with Crippen LogP contribution in [-0.4, -0.2) is 25.6 Å². The van der Waals surface area contributed by atoms with Crippen molar-refractivity contribution in [2.75, 3.05) is 7.05 Å². The maximum atomic E-state index is 13.0. The molecule has 130 valence electrons. The molecule has 3 aromatic carbocycles. The first-order valence-electron chi connectivity index (χ1n) is 7.94. The number of sulfonamides is 1. The third-order valence-corrected chi connectivity index (χ3v) is 6.34. The fourth-order valence-corrected chi connectivity index (χ4v) is 4.52. The van der Waals surface area contributed by atoms with Crippen molar-refractivity contribution in [2.45, 2.75) is 4.90 Å². The van der Waals surface area contributed by atoms with Crippen LogP contribution in [0.25, 0.3) is 16.5 Å². The molecule has 0 saturated heterocycles. The minimum absolute atomic E-state index is 0. The van der Waals surface area contributed by atoms with Gasteiger partial charge < -0.3 is 5.11 Å². The van der Waals surface area contributed by atoms with Crippen LogP contribution in [0.15, 0.2) is 77.3 Å². The first-order chi connectivity index (χ1) is 12.4. The van der Waals surface area contributed by atoms with Gasteiger partial charge in [-0.2, -0.15) is 0 Å². The molecular formula is C20H14NNaO4S. The summed E-state index contributed by atoms with van der Waals surface area (Å²) in [5, 5.41) is 14.6. The van der Waals surface area contributed by atoms with Crippen LogP contribution in [0.1, 0.15) is 15.9 Å². The van der Waals surface area contributed by atoms with E-state index in [1.165, 1.54) is 19.2 Å². The number of hydrogen-bond acceptors (Lipinski definition) is 4. The van der Waals surface area contributed by atoms with Crippen molar-refractivity contribution in [1.82, 2.24) is 4.31 Å². The molecule has 1 aliphatic rings. The van der Waals surface area contributed by atoms with Crippen LogP contribution >= 0.6 is 0 Å². The quantitative estimate of drug-likeness (QED) is 0.434. The van der Waals surface area contributed by atoms with Gasteiger partial charge in [-0.3, -0.25) is 9.10 Å². The van der Waals surface area contributed by atoms with Gasteiger partial charge in [0.1, 0.15) is 0 Å². The summed E-state index contributed by atoms with van der Waals surface area (Å²) in [7, 11) is -2.71. The Labute approximate surface area is 179 Å². The molecule has 4 rings (SSSR count). The second kappa shape index (κ2) is 7.13. The van der Waals surface area contributed by atoms with Gasteiger partial charge in [-0.05, 0) is 28.5 Å². The summed E-state index contributed by atoms with van der Waals surface area (Å²) in [6.07, 6.45) is 0. The van der Waals surface area contributed by atoms with Crippen molar-refractivity contribution >= 4 is 32.3 Å². The summed E-state index contributed by atoms with van der Waals surface area (Å²) in [6, 6.07) is 18.5. The molecule has 0 N–H and O–H groups in total. The monoisotopic (exact) mass is 387 g/mol. The largest absolute Gasteiger partial charge is 1.00 e. The number of ketones is 1. The third-order valence-electron chi connectivity index (χ3n) is 4.53. The van der Waals surface area contributed by atoms with E-state index < -0.39 is 21.6 Å². The Morgan fingerprint density at radius 2 is 1.56 bits per heavy atom. The van der Waals surface area contributed by atoms with E-state index >= 15 is 0 Å². The molecule has 0 aromatic heterocycles. The van der Waals surface area contributed by atoms with Gasteiger partial charge in [-0.25, -0.2) is 8.42 Å². The van der Waals surface area contributed by atoms with Gasteiger partial charge in [-0.15, -0.1) is 0 Å². The number of hydrogen-bond donors (Lipinski definition) is 0. The molecule has 1 aliphatic heterocycles. The molecule has 1 heterocycles. The number of nitrogens with zero attached hydrogens (tertiary/aromatic N) is 1. The number of fused-ring (bicyclic) bond motifs is 2. The smallest absolute Gasteiger partial charge is 0.871 e. The fourth-order valence-electron chi connectivity index (χ4n) is 3.13. The second-order valence-electron chi connectivity index (χ2n) is 6.04. The van der Waals surface area contributed by atoms with Crippen molar-refractivity contribution in [3.63, 3.8) is 0 Å². The Kier molecular flexibility index (Phi) is 5.18. The number of carbonyl (C=O) groups is 1. The predicted molar refractivity (Wildman–Crippen MR) is 96.6 cm³/mol. The van der Waals surface area contributed by atoms with Gasteiger partial charge in [0, 0.05) is 12.6 Å². The summed E-state index contributed by atoms with van der Waals surface area (Å²) in [5.41, 5.74) is -0.0674. The number of benzene rings is 3. The predicted octanol–water partition coefficient (Wildman–Crippen LogP) is -0.610. The Bertz CT molecular complexity index is 1200. The van der Waals surface area contributed by atoms with E-state index in [0.717, 1.165) is 15.1 Å². The molecule has 0 saturated carbocycles. The maximum Gasteiger partial charge on any atom is 1.00 e. The van der Waals surface area contributed by atoms with Crippen LogP contribution in [-0.2, 0) is 10.0 Å². The molecule has 0 aliphatic carbocycles. The van der Waals surface area contributed by atoms with Crippen LogP contribution in [0, 0.1) is 0 Å². The summed E-state index contributed by atoms with van der Waals surface area (Å²) >= 11 is 0. The summed E-state index contributed by atoms with van der Waals surface area (Å²) in [4.78, 5) is 12.9. The van der Waals surface area contributed by atoms with E-state index in [2.05, 4.69) is 0 Å². The molecular weight excluding hydrogens is 373 g/mol. The van der Waals surface area contributed by atoms with E-state index in [-0.39, 0.29) is 51.3 Å². The topological polar surface area (TPSA) is 77.5 Å². The standard InChI is InChI=1S/C20H15NO4S.Na/c1-21-18(20(23)16-8-4-5-9-17(16)26(21,24)25)19(22)15-11-10-13-6-2-3-7-14(13)12-15;/h2-12,23H,1H3;/q;+1/p-1. The molecule has 0 amide bonds. The zero-order valence-electron chi connectivity index (χ0n) is 14.8. The molecule has 0 bridgehead atoms. The molecule has 0 atom stereocenters. The summed E-state index contributed by atoms with van der Waals surface area (Å²) in [5.74, 6) is -1.20. The molecule has 0 radical (unpaired) electrons. The number of rotatable bonds is 2. The van der Waals surface area contributed by atoms with Crippen molar-refractivity contribution in [3.8, 4) is 0 Å². The van der Waals surface area contributed by atoms with Crippen LogP contribution in [0.5, 0.6) is 0 Å². The Balaban J connectivity index is 0.00000210. The van der Waals surface area contributed by atoms with Crippen LogP contribution < -0.4 is 34.7 Å². The minimum atomic E-state index is -3.94. The normalized spacial score (nSPS) is 15.2. The summed E-state index contributed by atoms with van der Waals surface area (Å²) in [6.45, 7) is 0. The van der Waals surface area contributed by atoms with Crippen LogP contribution in [0.3, 0.4) is 0 Å². The van der Waals surface area contributed by atoms with Crippen LogP contribution in [0.2, 0.25) is 0 Å². The first kappa shape index (κ1) is 19.6. The zero-order chi connectivity index (χ0) is 18.5. The van der Waals surface area contributed by atoms with Gasteiger partial charge in [0.15, 0.2) is 0 Å². The van der Waals surface area contributed by atoms with Gasteiger partial charge in [0.25, 0.3) is 10.0 Å². The molecule has 0 unspecified atom stereocenters. The van der Waals surface area contributed by atoms with E-state index in [0.29, 0.717) is 0 Å².